The zero-order valence-corrected chi connectivity index (χ0v) is 9.47. The summed E-state index contributed by atoms with van der Waals surface area (Å²) in [5, 5.41) is 22.6. The van der Waals surface area contributed by atoms with Gasteiger partial charge in [-0.15, -0.1) is 0 Å². The van der Waals surface area contributed by atoms with E-state index in [0.29, 0.717) is 0 Å². The molecule has 2 N–H and O–H groups in total. The van der Waals surface area contributed by atoms with Crippen molar-refractivity contribution in [3.63, 3.8) is 0 Å². The third-order valence-corrected chi connectivity index (χ3v) is 3.31. The molecule has 0 saturated carbocycles. The molecule has 0 radical (unpaired) electrons. The molecule has 6 nitrogen and oxygen atoms in total. The Morgan fingerprint density at radius 3 is 2.81 bits per heavy atom. The Morgan fingerprint density at radius 2 is 2.19 bits per heavy atom. The molecule has 1 heterocycles. The lowest BCUT2D eigenvalue weighted by Crippen LogP contribution is -2.42. The second kappa shape index (κ2) is 3.84. The van der Waals surface area contributed by atoms with Crippen molar-refractivity contribution in [2.24, 2.45) is 0 Å². The molecule has 0 spiro atoms. The Hall–Kier alpha value is -1.47. The van der Waals surface area contributed by atoms with E-state index in [2.05, 4.69) is 21.2 Å². The van der Waals surface area contributed by atoms with Crippen molar-refractivity contribution >= 4 is 27.5 Å². The first-order valence-corrected chi connectivity index (χ1v) is 5.34. The molecule has 0 unspecified atom stereocenters. The molecular formula is C9H7BrN2O4. The van der Waals surface area contributed by atoms with Crippen molar-refractivity contribution in [1.82, 2.24) is 5.32 Å². The van der Waals surface area contributed by atoms with Crippen LogP contribution in [0, 0.1) is 10.1 Å². The molecule has 0 bridgehead atoms. The Balaban J connectivity index is 2.67. The number of nitro benzene ring substituents is 1. The van der Waals surface area contributed by atoms with Crippen LogP contribution in [0.4, 0.5) is 5.69 Å². The zero-order chi connectivity index (χ0) is 11.9. The SMILES string of the molecule is O=C1N[C@H](O)[C@@H](Br)c2c1cccc2[N+](=O)[O-]. The first-order valence-electron chi connectivity index (χ1n) is 4.42. The van der Waals surface area contributed by atoms with E-state index >= 15 is 0 Å². The van der Waals surface area contributed by atoms with Gasteiger partial charge < -0.3 is 10.4 Å². The van der Waals surface area contributed by atoms with E-state index in [1.54, 1.807) is 0 Å². The molecule has 1 aromatic carbocycles. The minimum atomic E-state index is -1.17. The van der Waals surface area contributed by atoms with Crippen LogP contribution in [0.15, 0.2) is 18.2 Å². The number of carbonyl (C=O) groups is 1. The van der Waals surface area contributed by atoms with Gasteiger partial charge >= 0.3 is 0 Å². The normalized spacial score (nSPS) is 23.5. The molecule has 0 saturated heterocycles. The molecular weight excluding hydrogens is 280 g/mol. The summed E-state index contributed by atoms with van der Waals surface area (Å²) in [6.45, 7) is 0. The molecule has 2 atom stereocenters. The molecule has 1 amide bonds. The van der Waals surface area contributed by atoms with Gasteiger partial charge in [-0.1, -0.05) is 22.0 Å². The lowest BCUT2D eigenvalue weighted by atomic mass is 9.97. The van der Waals surface area contributed by atoms with Crippen LogP contribution in [-0.2, 0) is 0 Å². The highest BCUT2D eigenvalue weighted by Gasteiger charge is 2.36. The van der Waals surface area contributed by atoms with Gasteiger partial charge in [-0.05, 0) is 6.07 Å². The van der Waals surface area contributed by atoms with Gasteiger partial charge in [0.25, 0.3) is 11.6 Å². The third-order valence-electron chi connectivity index (χ3n) is 2.36. The van der Waals surface area contributed by atoms with Crippen LogP contribution in [0.25, 0.3) is 0 Å². The fourth-order valence-corrected chi connectivity index (χ4v) is 2.26. The number of alkyl halides is 1. The highest BCUT2D eigenvalue weighted by molar-refractivity contribution is 9.09. The van der Waals surface area contributed by atoms with E-state index in [4.69, 9.17) is 0 Å². The number of carbonyl (C=O) groups excluding carboxylic acids is 1. The first-order chi connectivity index (χ1) is 7.52. The third kappa shape index (κ3) is 1.57. The van der Waals surface area contributed by atoms with Crippen LogP contribution in [0.1, 0.15) is 20.7 Å². The number of rotatable bonds is 1. The molecule has 1 aliphatic rings. The van der Waals surface area contributed by atoms with Crippen LogP contribution in [0.5, 0.6) is 0 Å². The van der Waals surface area contributed by atoms with Gasteiger partial charge in [0.05, 0.1) is 20.9 Å². The smallest absolute Gasteiger partial charge is 0.274 e. The molecule has 16 heavy (non-hydrogen) atoms. The number of nitrogens with zero attached hydrogens (tertiary/aromatic N) is 1. The van der Waals surface area contributed by atoms with Crippen molar-refractivity contribution in [3.05, 3.63) is 39.4 Å². The average molecular weight is 287 g/mol. The number of hydrogen-bond acceptors (Lipinski definition) is 4. The van der Waals surface area contributed by atoms with Crippen molar-refractivity contribution in [2.45, 2.75) is 11.1 Å². The molecule has 0 aliphatic carbocycles. The number of amides is 1. The molecule has 2 rings (SSSR count). The van der Waals surface area contributed by atoms with Gasteiger partial charge in [-0.2, -0.15) is 0 Å². The fourth-order valence-electron chi connectivity index (χ4n) is 1.64. The summed E-state index contributed by atoms with van der Waals surface area (Å²) in [7, 11) is 0. The summed E-state index contributed by atoms with van der Waals surface area (Å²) in [6.07, 6.45) is -1.17. The quantitative estimate of drug-likeness (QED) is 0.459. The van der Waals surface area contributed by atoms with E-state index < -0.39 is 21.9 Å². The minimum Gasteiger partial charge on any atom is -0.372 e. The van der Waals surface area contributed by atoms with Gasteiger partial charge in [-0.25, -0.2) is 0 Å². The van der Waals surface area contributed by atoms with Crippen molar-refractivity contribution in [2.75, 3.05) is 0 Å². The Bertz CT molecular complexity index is 462. The monoisotopic (exact) mass is 286 g/mol. The van der Waals surface area contributed by atoms with Crippen LogP contribution in [-0.4, -0.2) is 22.2 Å². The summed E-state index contributed by atoms with van der Waals surface area (Å²) in [5.74, 6) is -0.512. The molecule has 1 aromatic rings. The average Bonchev–Trinajstić information content (AvgIpc) is 2.25. The van der Waals surface area contributed by atoms with Gasteiger partial charge in [0.2, 0.25) is 0 Å². The highest BCUT2D eigenvalue weighted by atomic mass is 79.9. The predicted octanol–water partition coefficient (Wildman–Crippen LogP) is 1.09. The number of aliphatic hydroxyl groups excluding tert-OH is 1. The van der Waals surface area contributed by atoms with E-state index in [1.807, 2.05) is 0 Å². The summed E-state index contributed by atoms with van der Waals surface area (Å²) < 4.78 is 0. The number of benzene rings is 1. The van der Waals surface area contributed by atoms with Gasteiger partial charge in [0.15, 0.2) is 0 Å². The fraction of sp³-hybridized carbons (Fsp3) is 0.222. The first kappa shape index (κ1) is 11.0. The minimum absolute atomic E-state index is 0.173. The van der Waals surface area contributed by atoms with Gasteiger partial charge in [0, 0.05) is 6.07 Å². The summed E-state index contributed by atoms with van der Waals surface area (Å²) in [4.78, 5) is 21.1. The predicted molar refractivity (Wildman–Crippen MR) is 58.2 cm³/mol. The molecule has 0 aromatic heterocycles. The number of fused-ring (bicyclic) bond motifs is 1. The molecule has 0 fully saturated rings. The van der Waals surface area contributed by atoms with E-state index in [0.717, 1.165) is 0 Å². The number of hydrogen-bond donors (Lipinski definition) is 2. The summed E-state index contributed by atoms with van der Waals surface area (Å²) >= 11 is 3.13. The van der Waals surface area contributed by atoms with Crippen LogP contribution in [0.2, 0.25) is 0 Å². The number of nitrogens with one attached hydrogen (secondary N) is 1. The topological polar surface area (TPSA) is 92.5 Å². The lowest BCUT2D eigenvalue weighted by Gasteiger charge is -2.26. The maximum absolute atomic E-state index is 11.5. The Labute approximate surface area is 98.5 Å². The van der Waals surface area contributed by atoms with Gasteiger partial charge in [0.1, 0.15) is 6.23 Å². The Kier molecular flexibility index (Phi) is 2.64. The van der Waals surface area contributed by atoms with Crippen LogP contribution >= 0.6 is 15.9 Å². The number of halogens is 1. The van der Waals surface area contributed by atoms with Crippen molar-refractivity contribution in [3.8, 4) is 0 Å². The van der Waals surface area contributed by atoms with Crippen LogP contribution < -0.4 is 5.32 Å². The molecule has 84 valence electrons. The second-order valence-electron chi connectivity index (χ2n) is 3.32. The number of aliphatic hydroxyl groups is 1. The molecule has 7 heteroatoms. The van der Waals surface area contributed by atoms with Crippen LogP contribution in [0.3, 0.4) is 0 Å². The van der Waals surface area contributed by atoms with Crippen molar-refractivity contribution < 1.29 is 14.8 Å². The Morgan fingerprint density at radius 1 is 1.50 bits per heavy atom. The standard InChI is InChI=1S/C9H7BrN2O4/c10-7-6-4(8(13)11-9(7)14)2-1-3-5(6)12(15)16/h1-3,7,9,14H,(H,11,13)/t7-,9+/m0/s1. The zero-order valence-electron chi connectivity index (χ0n) is 7.88. The van der Waals surface area contributed by atoms with E-state index in [1.165, 1.54) is 18.2 Å². The van der Waals surface area contributed by atoms with E-state index in [9.17, 15) is 20.0 Å². The van der Waals surface area contributed by atoms with Gasteiger partial charge in [-0.3, -0.25) is 14.9 Å². The highest BCUT2D eigenvalue weighted by Crippen LogP contribution is 2.38. The maximum atomic E-state index is 11.5. The summed E-state index contributed by atoms with van der Waals surface area (Å²) in [5.41, 5.74) is 0.249. The summed E-state index contributed by atoms with van der Waals surface area (Å²) in [6, 6.07) is 4.23. The second-order valence-corrected chi connectivity index (χ2v) is 4.30. The molecule has 1 aliphatic heterocycles. The lowest BCUT2D eigenvalue weighted by molar-refractivity contribution is -0.385. The van der Waals surface area contributed by atoms with E-state index in [-0.39, 0.29) is 16.8 Å². The maximum Gasteiger partial charge on any atom is 0.274 e. The van der Waals surface area contributed by atoms with Crippen molar-refractivity contribution in [1.29, 1.82) is 0 Å². The number of nitro groups is 1. The largest absolute Gasteiger partial charge is 0.372 e.